The SMILES string of the molecule is C[Si](C)(C)CCOc1ccc(CN)cn1. The maximum absolute atomic E-state index is 5.56. The fourth-order valence-corrected chi connectivity index (χ4v) is 1.79. The zero-order valence-corrected chi connectivity index (χ0v) is 10.8. The maximum Gasteiger partial charge on any atom is 0.213 e. The lowest BCUT2D eigenvalue weighted by atomic mass is 10.3. The van der Waals surface area contributed by atoms with Gasteiger partial charge in [0.05, 0.1) is 6.61 Å². The Morgan fingerprint density at radius 2 is 2.07 bits per heavy atom. The van der Waals surface area contributed by atoms with Crippen molar-refractivity contribution in [2.75, 3.05) is 6.61 Å². The summed E-state index contributed by atoms with van der Waals surface area (Å²) in [5.41, 5.74) is 6.52. The van der Waals surface area contributed by atoms with Gasteiger partial charge >= 0.3 is 0 Å². The minimum atomic E-state index is -1.00. The third-order valence-corrected chi connectivity index (χ3v) is 3.84. The first kappa shape index (κ1) is 12.2. The predicted molar refractivity (Wildman–Crippen MR) is 65.8 cm³/mol. The van der Waals surface area contributed by atoms with Gasteiger partial charge in [-0.2, -0.15) is 0 Å². The summed E-state index contributed by atoms with van der Waals surface area (Å²) in [6.45, 7) is 8.30. The van der Waals surface area contributed by atoms with Crippen LogP contribution in [0.15, 0.2) is 18.3 Å². The Hall–Kier alpha value is -0.873. The van der Waals surface area contributed by atoms with Gasteiger partial charge < -0.3 is 10.5 Å². The van der Waals surface area contributed by atoms with Gasteiger partial charge in [0.2, 0.25) is 5.88 Å². The molecule has 15 heavy (non-hydrogen) atoms. The summed E-state index contributed by atoms with van der Waals surface area (Å²) in [6, 6.07) is 5.00. The van der Waals surface area contributed by atoms with Gasteiger partial charge in [0.15, 0.2) is 0 Å². The van der Waals surface area contributed by atoms with Crippen LogP contribution in [0, 0.1) is 0 Å². The number of pyridine rings is 1. The average Bonchev–Trinajstić information content (AvgIpc) is 2.17. The van der Waals surface area contributed by atoms with Gasteiger partial charge in [-0.05, 0) is 11.6 Å². The number of hydrogen-bond acceptors (Lipinski definition) is 3. The third kappa shape index (κ3) is 4.95. The molecule has 0 spiro atoms. The van der Waals surface area contributed by atoms with E-state index in [2.05, 4.69) is 24.6 Å². The molecule has 4 heteroatoms. The summed E-state index contributed by atoms with van der Waals surface area (Å²) in [5.74, 6) is 0.699. The molecular formula is C11H20N2OSi. The molecule has 2 N–H and O–H groups in total. The number of hydrogen-bond donors (Lipinski definition) is 1. The Balaban J connectivity index is 2.38. The molecule has 1 aromatic rings. The van der Waals surface area contributed by atoms with E-state index in [1.165, 1.54) is 0 Å². The molecule has 0 saturated carbocycles. The highest BCUT2D eigenvalue weighted by Gasteiger charge is 2.12. The fraction of sp³-hybridized carbons (Fsp3) is 0.545. The molecule has 0 fully saturated rings. The number of ether oxygens (including phenoxy) is 1. The summed E-state index contributed by atoms with van der Waals surface area (Å²) < 4.78 is 5.56. The molecule has 0 unspecified atom stereocenters. The predicted octanol–water partition coefficient (Wildman–Crippen LogP) is 2.26. The number of aromatic nitrogens is 1. The zero-order valence-electron chi connectivity index (χ0n) is 9.79. The van der Waals surface area contributed by atoms with Crippen molar-refractivity contribution in [3.63, 3.8) is 0 Å². The molecule has 0 aliphatic heterocycles. The van der Waals surface area contributed by atoms with Gasteiger partial charge in [-0.25, -0.2) is 4.98 Å². The van der Waals surface area contributed by atoms with Crippen molar-refractivity contribution in [1.29, 1.82) is 0 Å². The largest absolute Gasteiger partial charge is 0.478 e. The van der Waals surface area contributed by atoms with Crippen molar-refractivity contribution in [1.82, 2.24) is 4.98 Å². The van der Waals surface area contributed by atoms with Gasteiger partial charge in [0.25, 0.3) is 0 Å². The summed E-state index contributed by atoms with van der Waals surface area (Å²) in [7, 11) is -1.00. The molecule has 0 bridgehead atoms. The van der Waals surface area contributed by atoms with Crippen LogP contribution in [0.4, 0.5) is 0 Å². The number of rotatable bonds is 5. The Bertz CT molecular complexity index is 292. The van der Waals surface area contributed by atoms with E-state index in [1.807, 2.05) is 12.1 Å². The minimum Gasteiger partial charge on any atom is -0.478 e. The highest BCUT2D eigenvalue weighted by Crippen LogP contribution is 2.11. The molecule has 0 aliphatic carbocycles. The number of nitrogens with zero attached hydrogens (tertiary/aromatic N) is 1. The summed E-state index contributed by atoms with van der Waals surface area (Å²) in [4.78, 5) is 4.18. The molecule has 0 aromatic carbocycles. The van der Waals surface area contributed by atoms with Gasteiger partial charge in [-0.1, -0.05) is 25.7 Å². The summed E-state index contributed by atoms with van der Waals surface area (Å²) in [5, 5.41) is 0. The van der Waals surface area contributed by atoms with Crippen molar-refractivity contribution in [2.45, 2.75) is 32.2 Å². The van der Waals surface area contributed by atoms with Crippen LogP contribution in [0.5, 0.6) is 5.88 Å². The van der Waals surface area contributed by atoms with E-state index >= 15 is 0 Å². The first-order valence-corrected chi connectivity index (χ1v) is 9.00. The highest BCUT2D eigenvalue weighted by molar-refractivity contribution is 6.76. The van der Waals surface area contributed by atoms with Crippen molar-refractivity contribution >= 4 is 8.07 Å². The quantitative estimate of drug-likeness (QED) is 0.780. The molecule has 0 radical (unpaired) electrons. The molecular weight excluding hydrogens is 204 g/mol. The maximum atomic E-state index is 5.56. The lowest BCUT2D eigenvalue weighted by molar-refractivity contribution is 0.325. The van der Waals surface area contributed by atoms with Crippen LogP contribution in [0.1, 0.15) is 5.56 Å². The second-order valence-electron chi connectivity index (χ2n) is 4.87. The van der Waals surface area contributed by atoms with Crippen LogP contribution in [-0.4, -0.2) is 19.7 Å². The van der Waals surface area contributed by atoms with Crippen LogP contribution < -0.4 is 10.5 Å². The summed E-state index contributed by atoms with van der Waals surface area (Å²) >= 11 is 0. The molecule has 0 amide bonds. The van der Waals surface area contributed by atoms with E-state index in [4.69, 9.17) is 10.5 Å². The van der Waals surface area contributed by atoms with Crippen LogP contribution >= 0.6 is 0 Å². The first-order valence-electron chi connectivity index (χ1n) is 5.29. The minimum absolute atomic E-state index is 0.530. The molecule has 0 aliphatic rings. The van der Waals surface area contributed by atoms with Crippen LogP contribution in [0.25, 0.3) is 0 Å². The van der Waals surface area contributed by atoms with Gasteiger partial charge in [-0.3, -0.25) is 0 Å². The van der Waals surface area contributed by atoms with Crippen molar-refractivity contribution in [3.8, 4) is 5.88 Å². The van der Waals surface area contributed by atoms with E-state index in [0.29, 0.717) is 12.4 Å². The standard InChI is InChI=1S/C11H20N2OSi/c1-15(2,3)7-6-14-11-5-4-10(8-12)9-13-11/h4-5,9H,6-8,12H2,1-3H3. The van der Waals surface area contributed by atoms with Gasteiger partial charge in [0, 0.05) is 26.9 Å². The first-order chi connectivity index (χ1) is 7.01. The van der Waals surface area contributed by atoms with E-state index in [-0.39, 0.29) is 0 Å². The topological polar surface area (TPSA) is 48.1 Å². The Labute approximate surface area is 92.7 Å². The summed E-state index contributed by atoms with van der Waals surface area (Å²) in [6.07, 6.45) is 1.77. The Kier molecular flexibility index (Phi) is 4.29. The van der Waals surface area contributed by atoms with E-state index in [9.17, 15) is 0 Å². The molecule has 1 rings (SSSR count). The lowest BCUT2D eigenvalue weighted by Gasteiger charge is -2.15. The average molecular weight is 224 g/mol. The van der Waals surface area contributed by atoms with Crippen molar-refractivity contribution < 1.29 is 4.74 Å². The molecule has 0 saturated heterocycles. The van der Waals surface area contributed by atoms with Crippen LogP contribution in [0.3, 0.4) is 0 Å². The molecule has 3 nitrogen and oxygen atoms in total. The second-order valence-corrected chi connectivity index (χ2v) is 10.5. The molecule has 0 atom stereocenters. The normalized spacial score (nSPS) is 11.5. The molecule has 1 heterocycles. The van der Waals surface area contributed by atoms with E-state index in [0.717, 1.165) is 18.2 Å². The van der Waals surface area contributed by atoms with Gasteiger partial charge in [0.1, 0.15) is 0 Å². The number of nitrogens with two attached hydrogens (primary N) is 1. The van der Waals surface area contributed by atoms with E-state index < -0.39 is 8.07 Å². The fourth-order valence-electron chi connectivity index (χ4n) is 1.08. The second kappa shape index (κ2) is 5.28. The lowest BCUT2D eigenvalue weighted by Crippen LogP contribution is -2.22. The van der Waals surface area contributed by atoms with Crippen LogP contribution in [-0.2, 0) is 6.54 Å². The monoisotopic (exact) mass is 224 g/mol. The molecule has 1 aromatic heterocycles. The van der Waals surface area contributed by atoms with Gasteiger partial charge in [-0.15, -0.1) is 0 Å². The Morgan fingerprint density at radius 1 is 1.33 bits per heavy atom. The zero-order chi connectivity index (χ0) is 11.3. The molecule has 84 valence electrons. The van der Waals surface area contributed by atoms with E-state index in [1.54, 1.807) is 6.20 Å². The van der Waals surface area contributed by atoms with Crippen LogP contribution in [0.2, 0.25) is 25.7 Å². The Morgan fingerprint density at radius 3 is 2.53 bits per heavy atom. The smallest absolute Gasteiger partial charge is 0.213 e. The van der Waals surface area contributed by atoms with Crippen molar-refractivity contribution in [2.24, 2.45) is 5.73 Å². The highest BCUT2D eigenvalue weighted by atomic mass is 28.3. The third-order valence-electron chi connectivity index (χ3n) is 2.14. The van der Waals surface area contributed by atoms with Crippen molar-refractivity contribution in [3.05, 3.63) is 23.9 Å².